The van der Waals surface area contributed by atoms with Gasteiger partial charge >= 0.3 is 0 Å². The number of carbonyl (C=O) groups excluding carboxylic acids is 1. The zero-order valence-corrected chi connectivity index (χ0v) is 17.8. The number of carbonyl (C=O) groups is 1. The lowest BCUT2D eigenvalue weighted by atomic mass is 9.87. The van der Waals surface area contributed by atoms with Crippen LogP contribution in [0, 0.1) is 0 Å². The van der Waals surface area contributed by atoms with Gasteiger partial charge in [0, 0.05) is 7.05 Å². The van der Waals surface area contributed by atoms with Crippen LogP contribution in [0.2, 0.25) is 0 Å². The Bertz CT molecular complexity index is 916. The first kappa shape index (κ1) is 21.8. The fraction of sp³-hybridized carbons (Fsp3) is 0.381. The highest BCUT2D eigenvalue weighted by molar-refractivity contribution is 7.92. The quantitative estimate of drug-likeness (QED) is 0.719. The minimum atomic E-state index is -3.46. The van der Waals surface area contributed by atoms with E-state index in [1.165, 1.54) is 12.6 Å². The maximum Gasteiger partial charge on any atom is 0.253 e. The van der Waals surface area contributed by atoms with Crippen molar-refractivity contribution in [2.24, 2.45) is 0 Å². The molecule has 1 amide bonds. The minimum absolute atomic E-state index is 0.0824. The number of benzene rings is 2. The number of nitrogens with one attached hydrogen (secondary N) is 1. The molecule has 0 bridgehead atoms. The topological polar surface area (TPSA) is 75.7 Å². The Kier molecular flexibility index (Phi) is 6.72. The van der Waals surface area contributed by atoms with Crippen molar-refractivity contribution in [3.05, 3.63) is 59.7 Å². The third kappa shape index (κ3) is 5.73. The third-order valence-electron chi connectivity index (χ3n) is 4.36. The van der Waals surface area contributed by atoms with Gasteiger partial charge in [-0.15, -0.1) is 0 Å². The normalized spacial score (nSPS) is 11.8. The smallest absolute Gasteiger partial charge is 0.253 e. The van der Waals surface area contributed by atoms with E-state index in [0.29, 0.717) is 24.4 Å². The monoisotopic (exact) mass is 404 g/mol. The van der Waals surface area contributed by atoms with Gasteiger partial charge in [-0.1, -0.05) is 45.0 Å². The summed E-state index contributed by atoms with van der Waals surface area (Å²) in [5.41, 5.74) is 1.94. The van der Waals surface area contributed by atoms with Crippen molar-refractivity contribution in [1.82, 2.24) is 5.32 Å². The molecular weight excluding hydrogens is 376 g/mol. The Hall–Kier alpha value is -2.54. The molecule has 0 aliphatic rings. The number of nitrogens with zero attached hydrogens (tertiary/aromatic N) is 1. The summed E-state index contributed by atoms with van der Waals surface area (Å²) in [6.07, 6.45) is 1.10. The fourth-order valence-electron chi connectivity index (χ4n) is 2.60. The summed E-state index contributed by atoms with van der Waals surface area (Å²) < 4.78 is 30.3. The second kappa shape index (κ2) is 8.65. The van der Waals surface area contributed by atoms with Gasteiger partial charge in [-0.05, 0) is 35.2 Å². The number of sulfonamides is 1. The predicted molar refractivity (Wildman–Crippen MR) is 113 cm³/mol. The summed E-state index contributed by atoms with van der Waals surface area (Å²) in [7, 11) is -2.04. The Balaban J connectivity index is 1.93. The summed E-state index contributed by atoms with van der Waals surface area (Å²) in [5.74, 6) is 0.386. The first-order valence-electron chi connectivity index (χ1n) is 9.04. The van der Waals surface area contributed by atoms with Crippen LogP contribution in [0.5, 0.6) is 5.75 Å². The molecule has 0 heterocycles. The van der Waals surface area contributed by atoms with Crippen LogP contribution in [-0.2, 0) is 15.4 Å². The molecule has 0 radical (unpaired) electrons. The third-order valence-corrected chi connectivity index (χ3v) is 5.55. The Morgan fingerprint density at radius 1 is 1.07 bits per heavy atom. The molecule has 0 atom stereocenters. The van der Waals surface area contributed by atoms with Crippen LogP contribution in [0.3, 0.4) is 0 Å². The molecule has 0 spiro atoms. The van der Waals surface area contributed by atoms with E-state index in [4.69, 9.17) is 4.74 Å². The molecule has 1 N–H and O–H groups in total. The molecule has 152 valence electrons. The first-order chi connectivity index (χ1) is 13.0. The van der Waals surface area contributed by atoms with Crippen LogP contribution >= 0.6 is 0 Å². The predicted octanol–water partition coefficient (Wildman–Crippen LogP) is 3.19. The van der Waals surface area contributed by atoms with E-state index in [1.54, 1.807) is 24.3 Å². The van der Waals surface area contributed by atoms with Crippen molar-refractivity contribution in [3.8, 4) is 5.75 Å². The van der Waals surface area contributed by atoms with Crippen LogP contribution < -0.4 is 14.4 Å². The number of rotatable bonds is 7. The molecule has 0 fully saturated rings. The minimum Gasteiger partial charge on any atom is -0.492 e. The number of ether oxygens (including phenoxy) is 1. The van der Waals surface area contributed by atoms with Gasteiger partial charge in [0.2, 0.25) is 10.0 Å². The summed E-state index contributed by atoms with van der Waals surface area (Å²) in [6.45, 7) is 7.06. The summed E-state index contributed by atoms with van der Waals surface area (Å²) >= 11 is 0. The molecule has 0 aliphatic heterocycles. The van der Waals surface area contributed by atoms with Crippen molar-refractivity contribution in [2.45, 2.75) is 26.2 Å². The molecule has 7 heteroatoms. The van der Waals surface area contributed by atoms with Crippen LogP contribution in [0.4, 0.5) is 5.69 Å². The Morgan fingerprint density at radius 2 is 1.68 bits per heavy atom. The maximum atomic E-state index is 12.5. The molecule has 0 unspecified atom stereocenters. The zero-order chi connectivity index (χ0) is 20.9. The van der Waals surface area contributed by atoms with Gasteiger partial charge in [-0.2, -0.15) is 0 Å². The second-order valence-corrected chi connectivity index (χ2v) is 9.64. The van der Waals surface area contributed by atoms with Crippen LogP contribution in [-0.4, -0.2) is 40.8 Å². The number of anilines is 1. The largest absolute Gasteiger partial charge is 0.492 e. The number of hydrogen-bond acceptors (Lipinski definition) is 4. The van der Waals surface area contributed by atoms with Crippen molar-refractivity contribution >= 4 is 21.6 Å². The van der Waals surface area contributed by atoms with E-state index in [2.05, 4.69) is 26.1 Å². The lowest BCUT2D eigenvalue weighted by Gasteiger charge is -2.20. The number of hydrogen-bond donors (Lipinski definition) is 1. The van der Waals surface area contributed by atoms with Crippen molar-refractivity contribution in [3.63, 3.8) is 0 Å². The highest BCUT2D eigenvalue weighted by Gasteiger charge is 2.19. The van der Waals surface area contributed by atoms with Crippen molar-refractivity contribution in [1.29, 1.82) is 0 Å². The van der Waals surface area contributed by atoms with E-state index in [9.17, 15) is 13.2 Å². The first-order valence-corrected chi connectivity index (χ1v) is 10.9. The van der Waals surface area contributed by atoms with E-state index in [-0.39, 0.29) is 11.3 Å². The summed E-state index contributed by atoms with van der Waals surface area (Å²) in [6, 6.07) is 14.5. The summed E-state index contributed by atoms with van der Waals surface area (Å²) in [5, 5.41) is 2.77. The highest BCUT2D eigenvalue weighted by atomic mass is 32.2. The molecule has 6 nitrogen and oxygen atoms in total. The summed E-state index contributed by atoms with van der Waals surface area (Å²) in [4.78, 5) is 12.5. The highest BCUT2D eigenvalue weighted by Crippen LogP contribution is 2.24. The van der Waals surface area contributed by atoms with Crippen LogP contribution in [0.25, 0.3) is 0 Å². The van der Waals surface area contributed by atoms with E-state index in [0.717, 1.165) is 16.3 Å². The number of amides is 1. The van der Waals surface area contributed by atoms with Gasteiger partial charge in [0.15, 0.2) is 0 Å². The van der Waals surface area contributed by atoms with Gasteiger partial charge < -0.3 is 10.1 Å². The van der Waals surface area contributed by atoms with Gasteiger partial charge in [-0.3, -0.25) is 9.10 Å². The molecule has 0 aliphatic carbocycles. The molecule has 0 saturated carbocycles. The molecule has 0 aromatic heterocycles. The van der Waals surface area contributed by atoms with E-state index >= 15 is 0 Å². The van der Waals surface area contributed by atoms with Gasteiger partial charge in [0.1, 0.15) is 12.4 Å². The molecule has 28 heavy (non-hydrogen) atoms. The maximum absolute atomic E-state index is 12.5. The average Bonchev–Trinajstić information content (AvgIpc) is 2.63. The van der Waals surface area contributed by atoms with E-state index in [1.807, 2.05) is 24.3 Å². The average molecular weight is 405 g/mol. The fourth-order valence-corrected chi connectivity index (χ4v) is 3.12. The Morgan fingerprint density at radius 3 is 2.25 bits per heavy atom. The number of para-hydroxylation sites is 1. The molecular formula is C21H28N2O4S. The van der Waals surface area contributed by atoms with Crippen LogP contribution in [0.1, 0.15) is 36.7 Å². The SMILES string of the molecule is CN(c1ccccc1C(=O)NCCOc1ccc(C(C)(C)C)cc1)S(C)(=O)=O. The second-order valence-electron chi connectivity index (χ2n) is 7.63. The molecule has 0 saturated heterocycles. The van der Waals surface area contributed by atoms with Crippen molar-refractivity contribution < 1.29 is 17.9 Å². The van der Waals surface area contributed by atoms with Crippen molar-refractivity contribution in [2.75, 3.05) is 30.8 Å². The zero-order valence-electron chi connectivity index (χ0n) is 17.0. The van der Waals surface area contributed by atoms with Gasteiger partial charge in [0.05, 0.1) is 24.1 Å². The lowest BCUT2D eigenvalue weighted by Crippen LogP contribution is -2.31. The van der Waals surface area contributed by atoms with Gasteiger partial charge in [0.25, 0.3) is 5.91 Å². The molecule has 2 aromatic rings. The lowest BCUT2D eigenvalue weighted by molar-refractivity contribution is 0.0947. The van der Waals surface area contributed by atoms with E-state index < -0.39 is 10.0 Å². The molecule has 2 rings (SSSR count). The Labute approximate surface area is 167 Å². The molecule has 2 aromatic carbocycles. The van der Waals surface area contributed by atoms with Crippen LogP contribution in [0.15, 0.2) is 48.5 Å². The van der Waals surface area contributed by atoms with Gasteiger partial charge in [-0.25, -0.2) is 8.42 Å². The standard InChI is InChI=1S/C21H28N2O4S/c1-21(2,3)16-10-12-17(13-11-16)27-15-14-22-20(24)18-8-6-7-9-19(18)23(4)28(5,25)26/h6-13H,14-15H2,1-5H3,(H,22,24).